The minimum Gasteiger partial charge on any atom is -0.425 e. The Kier molecular flexibility index (Phi) is 4.31. The van der Waals surface area contributed by atoms with Gasteiger partial charge in [-0.3, -0.25) is 14.4 Å². The lowest BCUT2D eigenvalue weighted by Crippen LogP contribution is -2.39. The number of halogens is 1. The van der Waals surface area contributed by atoms with Crippen LogP contribution >= 0.6 is 15.9 Å². The summed E-state index contributed by atoms with van der Waals surface area (Å²) in [6.45, 7) is 3.66. The molecule has 1 aliphatic carbocycles. The fourth-order valence-corrected chi connectivity index (χ4v) is 5.48. The third-order valence-corrected chi connectivity index (χ3v) is 7.23. The largest absolute Gasteiger partial charge is 0.425 e. The Morgan fingerprint density at radius 1 is 0.903 bits per heavy atom. The number of benzene rings is 3. The second-order valence-corrected chi connectivity index (χ2v) is 9.32. The summed E-state index contributed by atoms with van der Waals surface area (Å²) in [6.07, 6.45) is 0. The van der Waals surface area contributed by atoms with Gasteiger partial charge in [0.1, 0.15) is 5.75 Å². The molecule has 0 N–H and O–H groups in total. The number of rotatable bonds is 4. The van der Waals surface area contributed by atoms with Crippen molar-refractivity contribution in [1.29, 1.82) is 0 Å². The van der Waals surface area contributed by atoms with Gasteiger partial charge in [-0.05, 0) is 25.1 Å². The molecule has 1 heterocycles. The molecule has 3 aromatic rings. The van der Waals surface area contributed by atoms with Gasteiger partial charge in [0.2, 0.25) is 0 Å². The summed E-state index contributed by atoms with van der Waals surface area (Å²) in [5.41, 5.74) is -0.252. The number of carbonyl (C=O) groups is 3. The van der Waals surface area contributed by atoms with Gasteiger partial charge in [-0.25, -0.2) is 0 Å². The van der Waals surface area contributed by atoms with Gasteiger partial charge < -0.3 is 4.74 Å². The van der Waals surface area contributed by atoms with E-state index in [0.717, 1.165) is 10.0 Å². The first kappa shape index (κ1) is 19.9. The van der Waals surface area contributed by atoms with Crippen molar-refractivity contribution in [3.05, 3.63) is 99.5 Å². The SMILES string of the molecule is Cc1ccc(C(=O)[C@@]2(C)[C@H]3c4cc(Br)ccc4OC(=O)[C@@]32C(=O)c2ccccc2)cc1. The minimum absolute atomic E-state index is 0.230. The molecule has 0 saturated heterocycles. The van der Waals surface area contributed by atoms with Crippen LogP contribution in [0.1, 0.15) is 44.7 Å². The van der Waals surface area contributed by atoms with Crippen molar-refractivity contribution < 1.29 is 19.1 Å². The first-order valence-corrected chi connectivity index (χ1v) is 10.8. The lowest BCUT2D eigenvalue weighted by atomic mass is 9.82. The van der Waals surface area contributed by atoms with Crippen molar-refractivity contribution in [2.45, 2.75) is 19.8 Å². The van der Waals surface area contributed by atoms with Crippen LogP contribution in [-0.2, 0) is 4.79 Å². The van der Waals surface area contributed by atoms with E-state index in [1.165, 1.54) is 0 Å². The average molecular weight is 475 g/mol. The third-order valence-electron chi connectivity index (χ3n) is 6.73. The van der Waals surface area contributed by atoms with Crippen molar-refractivity contribution in [3.8, 4) is 5.75 Å². The minimum atomic E-state index is -1.59. The summed E-state index contributed by atoms with van der Waals surface area (Å²) in [5.74, 6) is -1.47. The molecule has 1 fully saturated rings. The topological polar surface area (TPSA) is 60.4 Å². The van der Waals surface area contributed by atoms with E-state index in [4.69, 9.17) is 4.74 Å². The van der Waals surface area contributed by atoms with Gasteiger partial charge in [0, 0.05) is 27.1 Å². The highest BCUT2D eigenvalue weighted by Crippen LogP contribution is 2.79. The first-order chi connectivity index (χ1) is 14.8. The molecule has 0 unspecified atom stereocenters. The van der Waals surface area contributed by atoms with E-state index in [0.29, 0.717) is 22.4 Å². The molecule has 1 aliphatic heterocycles. The van der Waals surface area contributed by atoms with Gasteiger partial charge in [-0.15, -0.1) is 0 Å². The van der Waals surface area contributed by atoms with E-state index < -0.39 is 22.7 Å². The quantitative estimate of drug-likeness (QED) is 0.216. The van der Waals surface area contributed by atoms with Crippen LogP contribution in [0.4, 0.5) is 0 Å². The second kappa shape index (κ2) is 6.72. The number of carbonyl (C=O) groups excluding carboxylic acids is 3. The number of hydrogen-bond acceptors (Lipinski definition) is 4. The molecule has 154 valence electrons. The lowest BCUT2D eigenvalue weighted by Gasteiger charge is -2.23. The zero-order valence-corrected chi connectivity index (χ0v) is 18.6. The van der Waals surface area contributed by atoms with E-state index in [1.54, 1.807) is 61.5 Å². The summed E-state index contributed by atoms with van der Waals surface area (Å²) in [4.78, 5) is 41.0. The first-order valence-electron chi connectivity index (χ1n) is 10.0. The number of hydrogen-bond donors (Lipinski definition) is 0. The van der Waals surface area contributed by atoms with Gasteiger partial charge in [-0.2, -0.15) is 0 Å². The smallest absolute Gasteiger partial charge is 0.327 e. The molecule has 0 aromatic heterocycles. The normalized spacial score (nSPS) is 25.8. The van der Waals surface area contributed by atoms with Crippen molar-refractivity contribution in [3.63, 3.8) is 0 Å². The van der Waals surface area contributed by atoms with E-state index >= 15 is 0 Å². The summed E-state index contributed by atoms with van der Waals surface area (Å²) in [7, 11) is 0. The molecular weight excluding hydrogens is 456 g/mol. The Bertz CT molecular complexity index is 1250. The number of fused-ring (bicyclic) bond motifs is 3. The van der Waals surface area contributed by atoms with E-state index in [9.17, 15) is 14.4 Å². The number of esters is 1. The highest BCUT2D eigenvalue weighted by molar-refractivity contribution is 9.10. The zero-order valence-electron chi connectivity index (χ0n) is 17.0. The van der Waals surface area contributed by atoms with Crippen LogP contribution in [0.25, 0.3) is 0 Å². The van der Waals surface area contributed by atoms with Crippen LogP contribution in [0.15, 0.2) is 77.3 Å². The number of Topliss-reactive ketones (excluding diaryl/α,β-unsaturated/α-hetero) is 2. The van der Waals surface area contributed by atoms with Crippen molar-refractivity contribution in [2.75, 3.05) is 0 Å². The van der Waals surface area contributed by atoms with Gasteiger partial charge in [0.25, 0.3) is 0 Å². The maximum Gasteiger partial charge on any atom is 0.327 e. The van der Waals surface area contributed by atoms with Gasteiger partial charge in [0.05, 0.1) is 5.41 Å². The number of ether oxygens (including phenoxy) is 1. The Morgan fingerprint density at radius 2 is 1.55 bits per heavy atom. The molecule has 3 aromatic carbocycles. The zero-order chi connectivity index (χ0) is 22.0. The van der Waals surface area contributed by atoms with Crippen LogP contribution < -0.4 is 4.74 Å². The molecule has 5 heteroatoms. The predicted molar refractivity (Wildman–Crippen MR) is 119 cm³/mol. The van der Waals surface area contributed by atoms with Crippen LogP contribution in [0, 0.1) is 17.8 Å². The predicted octanol–water partition coefficient (Wildman–Crippen LogP) is 5.53. The molecule has 0 radical (unpaired) electrons. The molecule has 3 atom stereocenters. The van der Waals surface area contributed by atoms with Crippen LogP contribution in [0.2, 0.25) is 0 Å². The standard InChI is InChI=1S/C26H19BrO4/c1-15-8-10-17(11-9-15)22(28)25(2)21-19-14-18(27)12-13-20(19)31-24(30)26(21,25)23(29)16-6-4-3-5-7-16/h3-14,21H,1-2H3/t21-,25-,26+/m1/s1. The molecule has 5 rings (SSSR count). The highest BCUT2D eigenvalue weighted by atomic mass is 79.9. The summed E-state index contributed by atoms with van der Waals surface area (Å²) in [6, 6.07) is 21.2. The van der Waals surface area contributed by atoms with Crippen LogP contribution in [0.3, 0.4) is 0 Å². The fraction of sp³-hybridized carbons (Fsp3) is 0.192. The van der Waals surface area contributed by atoms with Gasteiger partial charge in [0.15, 0.2) is 17.0 Å². The van der Waals surface area contributed by atoms with E-state index in [2.05, 4.69) is 15.9 Å². The van der Waals surface area contributed by atoms with Gasteiger partial charge in [-0.1, -0.05) is 83.0 Å². The Balaban J connectivity index is 1.73. The molecule has 0 spiro atoms. The Labute approximate surface area is 188 Å². The Morgan fingerprint density at radius 3 is 2.23 bits per heavy atom. The molecule has 0 bridgehead atoms. The monoisotopic (exact) mass is 474 g/mol. The fourth-order valence-electron chi connectivity index (χ4n) is 5.10. The van der Waals surface area contributed by atoms with Gasteiger partial charge >= 0.3 is 5.97 Å². The second-order valence-electron chi connectivity index (χ2n) is 8.41. The van der Waals surface area contributed by atoms with Crippen molar-refractivity contribution >= 4 is 33.5 Å². The number of aryl methyl sites for hydroxylation is 1. The molecule has 0 amide bonds. The summed E-state index contributed by atoms with van der Waals surface area (Å²) >= 11 is 3.47. The molecule has 1 saturated carbocycles. The van der Waals surface area contributed by atoms with Crippen molar-refractivity contribution in [2.24, 2.45) is 10.8 Å². The third kappa shape index (κ3) is 2.56. The van der Waals surface area contributed by atoms with Crippen molar-refractivity contribution in [1.82, 2.24) is 0 Å². The molecule has 2 aliphatic rings. The Hall–Kier alpha value is -3.05. The maximum absolute atomic E-state index is 13.8. The summed E-state index contributed by atoms with van der Waals surface area (Å²) in [5, 5.41) is 0. The molecule has 4 nitrogen and oxygen atoms in total. The summed E-state index contributed by atoms with van der Waals surface area (Å²) < 4.78 is 6.45. The van der Waals surface area contributed by atoms with E-state index in [1.807, 2.05) is 25.1 Å². The van der Waals surface area contributed by atoms with Crippen LogP contribution in [-0.4, -0.2) is 17.5 Å². The maximum atomic E-state index is 13.8. The molecule has 31 heavy (non-hydrogen) atoms. The number of ketones is 2. The molecular formula is C26H19BrO4. The van der Waals surface area contributed by atoms with E-state index in [-0.39, 0.29) is 11.6 Å². The average Bonchev–Trinajstić information content (AvgIpc) is 3.37. The lowest BCUT2D eigenvalue weighted by molar-refractivity contribution is -0.140. The van der Waals surface area contributed by atoms with Crippen LogP contribution in [0.5, 0.6) is 5.75 Å². The highest BCUT2D eigenvalue weighted by Gasteiger charge is 2.87.